The molecule has 0 aliphatic heterocycles. The van der Waals surface area contributed by atoms with Crippen LogP contribution in [0.1, 0.15) is 103 Å². The molecule has 3 heterocycles. The van der Waals surface area contributed by atoms with Crippen molar-refractivity contribution in [3.8, 4) is 0 Å². The van der Waals surface area contributed by atoms with Gasteiger partial charge in [-0.2, -0.15) is 8.75 Å². The topological polar surface area (TPSA) is 35.0 Å². The van der Waals surface area contributed by atoms with Crippen LogP contribution >= 0.6 is 34.4 Å². The zero-order valence-corrected chi connectivity index (χ0v) is 25.7. The van der Waals surface area contributed by atoms with Gasteiger partial charge in [0, 0.05) is 26.1 Å². The number of benzene rings is 1. The SMILES string of the molecule is CC(C)(C)CC(c1ccc(COCc2ccc(C3=CCC(c4cccs4)c4nsnc43)s2)cc1)C(C)(C)C. The summed E-state index contributed by atoms with van der Waals surface area (Å²) in [4.78, 5) is 3.85. The zero-order valence-electron chi connectivity index (χ0n) is 23.3. The minimum Gasteiger partial charge on any atom is -0.371 e. The Balaban J connectivity index is 1.20. The molecule has 1 aliphatic carbocycles. The Labute approximate surface area is 240 Å². The van der Waals surface area contributed by atoms with Crippen molar-refractivity contribution in [2.75, 3.05) is 0 Å². The predicted octanol–water partition coefficient (Wildman–Crippen LogP) is 9.91. The monoisotopic (exact) mass is 562 g/mol. The van der Waals surface area contributed by atoms with Gasteiger partial charge in [-0.3, -0.25) is 0 Å². The number of hydrogen-bond acceptors (Lipinski definition) is 6. The van der Waals surface area contributed by atoms with E-state index in [1.807, 2.05) is 0 Å². The van der Waals surface area contributed by atoms with Gasteiger partial charge in [-0.05, 0) is 64.3 Å². The summed E-state index contributed by atoms with van der Waals surface area (Å²) in [5, 5.41) is 2.14. The summed E-state index contributed by atoms with van der Waals surface area (Å²) in [6.45, 7) is 15.3. The molecule has 0 N–H and O–H groups in total. The molecule has 5 rings (SSSR count). The van der Waals surface area contributed by atoms with Gasteiger partial charge in [0.2, 0.25) is 0 Å². The molecule has 6 heteroatoms. The quantitative estimate of drug-likeness (QED) is 0.214. The first-order valence-corrected chi connectivity index (χ1v) is 15.8. The molecule has 0 amide bonds. The average Bonchev–Trinajstić information content (AvgIpc) is 3.63. The fourth-order valence-corrected chi connectivity index (χ4v) is 7.71. The van der Waals surface area contributed by atoms with Gasteiger partial charge in [0.1, 0.15) is 5.69 Å². The third kappa shape index (κ3) is 6.36. The summed E-state index contributed by atoms with van der Waals surface area (Å²) in [7, 11) is 0. The second-order valence-electron chi connectivity index (χ2n) is 12.6. The second kappa shape index (κ2) is 11.2. The lowest BCUT2D eigenvalue weighted by atomic mass is 9.69. The smallest absolute Gasteiger partial charge is 0.109 e. The van der Waals surface area contributed by atoms with E-state index in [1.54, 1.807) is 22.7 Å². The van der Waals surface area contributed by atoms with Gasteiger partial charge in [-0.25, -0.2) is 0 Å². The molecule has 2 atom stereocenters. The van der Waals surface area contributed by atoms with Crippen LogP contribution < -0.4 is 0 Å². The standard InChI is InChI=1S/C32H38N2OS3/c1-31(2,3)18-26(32(4,5)6)22-11-9-21(10-12-22)19-35-20-23-13-16-28(37-23)25-15-14-24(27-8-7-17-36-27)29-30(25)34-38-33-29/h7-13,15-17,24,26H,14,18-20H2,1-6H3. The molecular formula is C32H38N2OS3. The van der Waals surface area contributed by atoms with Crippen LogP contribution in [0.25, 0.3) is 5.57 Å². The fourth-order valence-electron chi connectivity index (χ4n) is 5.27. The Morgan fingerprint density at radius 2 is 1.74 bits per heavy atom. The van der Waals surface area contributed by atoms with E-state index in [0.717, 1.165) is 17.8 Å². The van der Waals surface area contributed by atoms with E-state index < -0.39 is 0 Å². The third-order valence-corrected chi connectivity index (χ3v) is 9.85. The van der Waals surface area contributed by atoms with Crippen LogP contribution in [0.15, 0.2) is 60.0 Å². The van der Waals surface area contributed by atoms with Gasteiger partial charge in [-0.15, -0.1) is 22.7 Å². The summed E-state index contributed by atoms with van der Waals surface area (Å²) < 4.78 is 15.5. The predicted molar refractivity (Wildman–Crippen MR) is 163 cm³/mol. The molecule has 2 unspecified atom stereocenters. The second-order valence-corrected chi connectivity index (χ2v) is 15.3. The molecule has 0 fully saturated rings. The zero-order chi connectivity index (χ0) is 26.9. The van der Waals surface area contributed by atoms with Crippen molar-refractivity contribution in [2.24, 2.45) is 10.8 Å². The van der Waals surface area contributed by atoms with Crippen LogP contribution in [0, 0.1) is 10.8 Å². The first kappa shape index (κ1) is 27.4. The first-order chi connectivity index (χ1) is 18.1. The van der Waals surface area contributed by atoms with Crippen molar-refractivity contribution < 1.29 is 4.74 Å². The highest BCUT2D eigenvalue weighted by Gasteiger charge is 2.31. The van der Waals surface area contributed by atoms with E-state index in [1.165, 1.54) is 49.5 Å². The maximum atomic E-state index is 6.14. The van der Waals surface area contributed by atoms with Crippen molar-refractivity contribution >= 4 is 40.0 Å². The van der Waals surface area contributed by atoms with Crippen molar-refractivity contribution in [2.45, 2.75) is 79.4 Å². The summed E-state index contributed by atoms with van der Waals surface area (Å²) in [6, 6.07) is 17.8. The van der Waals surface area contributed by atoms with Crippen LogP contribution in [0.2, 0.25) is 0 Å². The van der Waals surface area contributed by atoms with Crippen LogP contribution in [0.3, 0.4) is 0 Å². The molecule has 0 spiro atoms. The molecule has 1 aliphatic rings. The molecule has 0 bridgehead atoms. The summed E-state index contributed by atoms with van der Waals surface area (Å²) in [5.41, 5.74) is 6.58. The number of aromatic nitrogens is 2. The van der Waals surface area contributed by atoms with Crippen LogP contribution in [0.4, 0.5) is 0 Å². The van der Waals surface area contributed by atoms with Crippen LogP contribution in [0.5, 0.6) is 0 Å². The largest absolute Gasteiger partial charge is 0.371 e. The Bertz CT molecular complexity index is 1370. The average molecular weight is 563 g/mol. The summed E-state index contributed by atoms with van der Waals surface area (Å²) in [6.07, 6.45) is 4.49. The minimum atomic E-state index is 0.232. The van der Waals surface area contributed by atoms with Crippen molar-refractivity contribution in [1.29, 1.82) is 0 Å². The van der Waals surface area contributed by atoms with Crippen molar-refractivity contribution in [1.82, 2.24) is 8.75 Å². The lowest BCUT2D eigenvalue weighted by Gasteiger charge is -2.36. The molecule has 1 aromatic carbocycles. The number of ether oxygens (including phenoxy) is 1. The number of rotatable bonds is 8. The number of nitrogens with zero attached hydrogens (tertiary/aromatic N) is 2. The van der Waals surface area contributed by atoms with E-state index in [2.05, 4.69) is 110 Å². The molecule has 0 saturated carbocycles. The van der Waals surface area contributed by atoms with Gasteiger partial charge in [0.05, 0.1) is 30.6 Å². The lowest BCUT2D eigenvalue weighted by Crippen LogP contribution is -2.23. The number of fused-ring (bicyclic) bond motifs is 1. The number of hydrogen-bond donors (Lipinski definition) is 0. The maximum absolute atomic E-state index is 6.14. The van der Waals surface area contributed by atoms with E-state index in [9.17, 15) is 0 Å². The van der Waals surface area contributed by atoms with E-state index in [0.29, 0.717) is 30.5 Å². The van der Waals surface area contributed by atoms with Crippen molar-refractivity contribution in [3.05, 3.63) is 97.1 Å². The maximum Gasteiger partial charge on any atom is 0.109 e. The molecular weight excluding hydrogens is 525 g/mol. The van der Waals surface area contributed by atoms with Crippen LogP contribution in [-0.2, 0) is 18.0 Å². The molecule has 38 heavy (non-hydrogen) atoms. The highest BCUT2D eigenvalue weighted by Crippen LogP contribution is 2.44. The van der Waals surface area contributed by atoms with Gasteiger partial charge < -0.3 is 4.74 Å². The first-order valence-electron chi connectivity index (χ1n) is 13.4. The molecule has 200 valence electrons. The van der Waals surface area contributed by atoms with Crippen molar-refractivity contribution in [3.63, 3.8) is 0 Å². The number of allylic oxidation sites excluding steroid dienone is 1. The third-order valence-electron chi connectivity index (χ3n) is 7.23. The van der Waals surface area contributed by atoms with Crippen LogP contribution in [-0.4, -0.2) is 8.75 Å². The number of thiophene rings is 2. The lowest BCUT2D eigenvalue weighted by molar-refractivity contribution is 0.109. The van der Waals surface area contributed by atoms with Gasteiger partial charge >= 0.3 is 0 Å². The van der Waals surface area contributed by atoms with E-state index in [4.69, 9.17) is 4.74 Å². The molecule has 0 radical (unpaired) electrons. The molecule has 3 nitrogen and oxygen atoms in total. The Morgan fingerprint density at radius 1 is 0.947 bits per heavy atom. The minimum absolute atomic E-state index is 0.232. The Hall–Kier alpha value is -2.12. The Kier molecular flexibility index (Phi) is 8.07. The van der Waals surface area contributed by atoms with E-state index in [-0.39, 0.29) is 5.41 Å². The molecule has 4 aromatic rings. The summed E-state index contributed by atoms with van der Waals surface area (Å²) in [5.74, 6) is 0.860. The highest BCUT2D eigenvalue weighted by atomic mass is 32.1. The normalized spacial score (nSPS) is 16.8. The summed E-state index contributed by atoms with van der Waals surface area (Å²) >= 11 is 4.93. The van der Waals surface area contributed by atoms with Gasteiger partial charge in [0.15, 0.2) is 0 Å². The van der Waals surface area contributed by atoms with Gasteiger partial charge in [0.25, 0.3) is 0 Å². The highest BCUT2D eigenvalue weighted by molar-refractivity contribution is 7.13. The Morgan fingerprint density at radius 3 is 2.42 bits per heavy atom. The molecule has 0 saturated heterocycles. The molecule has 3 aromatic heterocycles. The van der Waals surface area contributed by atoms with E-state index >= 15 is 0 Å². The fraction of sp³-hybridized carbons (Fsp3) is 0.438. The van der Waals surface area contributed by atoms with Gasteiger partial charge in [-0.1, -0.05) is 78.0 Å².